The summed E-state index contributed by atoms with van der Waals surface area (Å²) in [6.07, 6.45) is 0. The summed E-state index contributed by atoms with van der Waals surface area (Å²) in [5.41, 5.74) is 5.43. The van der Waals surface area contributed by atoms with Crippen LogP contribution >= 0.6 is 11.3 Å². The molecule has 0 spiro atoms. The molecule has 0 bridgehead atoms. The van der Waals surface area contributed by atoms with E-state index >= 15 is 0 Å². The third-order valence-corrected chi connectivity index (χ3v) is 6.43. The van der Waals surface area contributed by atoms with Crippen LogP contribution in [0.5, 0.6) is 0 Å². The molecule has 0 radical (unpaired) electrons. The lowest BCUT2D eigenvalue weighted by Gasteiger charge is -2.14. The van der Waals surface area contributed by atoms with Gasteiger partial charge in [0, 0.05) is 11.4 Å². The van der Waals surface area contributed by atoms with Gasteiger partial charge in [-0.2, -0.15) is 4.99 Å². The minimum atomic E-state index is -0.419. The Labute approximate surface area is 187 Å². The molecular weight excluding hydrogens is 400 g/mol. The van der Waals surface area contributed by atoms with Crippen LogP contribution in [0.3, 0.4) is 0 Å². The van der Waals surface area contributed by atoms with Crippen molar-refractivity contribution in [1.29, 1.82) is 0 Å². The fourth-order valence-electron chi connectivity index (χ4n) is 3.90. The van der Waals surface area contributed by atoms with Crippen molar-refractivity contribution in [1.82, 2.24) is 4.57 Å². The third kappa shape index (κ3) is 4.44. The van der Waals surface area contributed by atoms with Gasteiger partial charge in [0.15, 0.2) is 4.80 Å². The highest BCUT2D eigenvalue weighted by molar-refractivity contribution is 7.09. The molecule has 0 unspecified atom stereocenters. The van der Waals surface area contributed by atoms with E-state index in [1.54, 1.807) is 11.3 Å². The summed E-state index contributed by atoms with van der Waals surface area (Å²) in [6, 6.07) is 28.3. The molecule has 1 heterocycles. The lowest BCUT2D eigenvalue weighted by Crippen LogP contribution is -2.20. The molecule has 0 atom stereocenters. The molecule has 0 aliphatic heterocycles. The molecular formula is C27H26N2OS. The summed E-state index contributed by atoms with van der Waals surface area (Å²) in [7, 11) is 0. The Morgan fingerprint density at radius 2 is 1.42 bits per heavy atom. The maximum Gasteiger partial charge on any atom is 0.260 e. The first-order chi connectivity index (χ1) is 15.1. The topological polar surface area (TPSA) is 34.4 Å². The zero-order valence-electron chi connectivity index (χ0n) is 18.1. The van der Waals surface area contributed by atoms with E-state index in [9.17, 15) is 4.79 Å². The number of hydrogen-bond acceptors (Lipinski definition) is 2. The molecule has 0 fully saturated rings. The summed E-state index contributed by atoms with van der Waals surface area (Å²) in [5.74, 6) is -0.561. The number of hydrogen-bond donors (Lipinski definition) is 0. The molecule has 3 aromatic carbocycles. The zero-order valence-corrected chi connectivity index (χ0v) is 18.9. The Kier molecular flexibility index (Phi) is 6.28. The molecule has 31 heavy (non-hydrogen) atoms. The fraction of sp³-hybridized carbons (Fsp3) is 0.185. The van der Waals surface area contributed by atoms with Crippen molar-refractivity contribution in [2.24, 2.45) is 4.99 Å². The smallest absolute Gasteiger partial charge is 0.260 e. The first-order valence-corrected chi connectivity index (χ1v) is 11.4. The molecule has 1 aromatic heterocycles. The fourth-order valence-corrected chi connectivity index (χ4v) is 4.97. The first kappa shape index (κ1) is 21.0. The second kappa shape index (κ2) is 9.27. The summed E-state index contributed by atoms with van der Waals surface area (Å²) in [5, 5.41) is 0. The average molecular weight is 427 g/mol. The molecule has 3 nitrogen and oxygen atoms in total. The normalized spacial score (nSPS) is 11.8. The quantitative estimate of drug-likeness (QED) is 0.379. The SMILES string of the molecule is CCn1c(-c2ccc(C)cc2)c(C)sc1=NC(=O)C(c1ccccc1)c1ccccc1. The summed E-state index contributed by atoms with van der Waals surface area (Å²) in [4.78, 5) is 20.1. The number of aromatic nitrogens is 1. The monoisotopic (exact) mass is 426 g/mol. The number of aryl methyl sites for hydroxylation is 2. The number of amides is 1. The van der Waals surface area contributed by atoms with Crippen LogP contribution in [0.1, 0.15) is 34.4 Å². The highest BCUT2D eigenvalue weighted by Crippen LogP contribution is 2.28. The summed E-state index contributed by atoms with van der Waals surface area (Å²) in [6.45, 7) is 7.03. The van der Waals surface area contributed by atoms with Crippen LogP contribution in [0.4, 0.5) is 0 Å². The van der Waals surface area contributed by atoms with E-state index in [1.807, 2.05) is 60.7 Å². The van der Waals surface area contributed by atoms with Gasteiger partial charge < -0.3 is 4.57 Å². The minimum absolute atomic E-state index is 0.142. The zero-order chi connectivity index (χ0) is 21.8. The molecule has 4 heteroatoms. The molecule has 4 rings (SSSR count). The van der Waals surface area contributed by atoms with E-state index < -0.39 is 5.92 Å². The third-order valence-electron chi connectivity index (χ3n) is 5.44. The lowest BCUT2D eigenvalue weighted by atomic mass is 9.91. The summed E-state index contributed by atoms with van der Waals surface area (Å²) >= 11 is 1.58. The Morgan fingerprint density at radius 1 is 0.871 bits per heavy atom. The van der Waals surface area contributed by atoms with Gasteiger partial charge in [-0.25, -0.2) is 0 Å². The molecule has 0 N–H and O–H groups in total. The second-order valence-electron chi connectivity index (χ2n) is 7.60. The van der Waals surface area contributed by atoms with Crippen LogP contribution in [-0.2, 0) is 11.3 Å². The Bertz CT molecular complexity index is 1200. The van der Waals surface area contributed by atoms with Gasteiger partial charge in [-0.05, 0) is 37.5 Å². The average Bonchev–Trinajstić information content (AvgIpc) is 3.10. The number of nitrogens with zero attached hydrogens (tertiary/aromatic N) is 2. The number of carbonyl (C=O) groups excluding carboxylic acids is 1. The molecule has 0 saturated carbocycles. The van der Waals surface area contributed by atoms with Crippen molar-refractivity contribution < 1.29 is 4.79 Å². The van der Waals surface area contributed by atoms with Crippen molar-refractivity contribution in [3.05, 3.63) is 111 Å². The van der Waals surface area contributed by atoms with Gasteiger partial charge in [-0.1, -0.05) is 90.5 Å². The minimum Gasteiger partial charge on any atom is -0.316 e. The Morgan fingerprint density at radius 3 is 1.94 bits per heavy atom. The van der Waals surface area contributed by atoms with Gasteiger partial charge in [0.25, 0.3) is 5.91 Å². The molecule has 0 aliphatic carbocycles. The summed E-state index contributed by atoms with van der Waals surface area (Å²) < 4.78 is 2.15. The van der Waals surface area contributed by atoms with E-state index in [2.05, 4.69) is 54.6 Å². The maximum absolute atomic E-state index is 13.5. The molecule has 1 amide bonds. The van der Waals surface area contributed by atoms with Crippen molar-refractivity contribution in [2.45, 2.75) is 33.2 Å². The predicted molar refractivity (Wildman–Crippen MR) is 128 cm³/mol. The van der Waals surface area contributed by atoms with Gasteiger partial charge in [0.2, 0.25) is 0 Å². The van der Waals surface area contributed by atoms with E-state index in [0.29, 0.717) is 0 Å². The van der Waals surface area contributed by atoms with Crippen molar-refractivity contribution in [3.8, 4) is 11.3 Å². The van der Waals surface area contributed by atoms with Crippen LogP contribution < -0.4 is 4.80 Å². The van der Waals surface area contributed by atoms with Gasteiger partial charge in [-0.3, -0.25) is 4.79 Å². The number of benzene rings is 3. The van der Waals surface area contributed by atoms with E-state index in [0.717, 1.165) is 38.6 Å². The van der Waals surface area contributed by atoms with Crippen LogP contribution in [0.15, 0.2) is 89.9 Å². The van der Waals surface area contributed by atoms with Gasteiger partial charge in [0.05, 0.1) is 11.6 Å². The van der Waals surface area contributed by atoms with E-state index in [4.69, 9.17) is 0 Å². The predicted octanol–water partition coefficient (Wildman–Crippen LogP) is 6.11. The van der Waals surface area contributed by atoms with Gasteiger partial charge >= 0.3 is 0 Å². The van der Waals surface area contributed by atoms with Crippen molar-refractivity contribution in [3.63, 3.8) is 0 Å². The highest BCUT2D eigenvalue weighted by atomic mass is 32.1. The Balaban J connectivity index is 1.82. The second-order valence-corrected chi connectivity index (χ2v) is 8.79. The maximum atomic E-state index is 13.5. The Hall–Kier alpha value is -3.24. The van der Waals surface area contributed by atoms with Crippen molar-refractivity contribution >= 4 is 17.2 Å². The van der Waals surface area contributed by atoms with Crippen LogP contribution in [-0.4, -0.2) is 10.5 Å². The number of thiazole rings is 1. The molecule has 0 saturated heterocycles. The standard InChI is InChI=1S/C27H26N2OS/c1-4-29-25(23-17-15-19(2)16-18-23)20(3)31-27(29)28-26(30)24(21-11-7-5-8-12-21)22-13-9-6-10-14-22/h5-18,24H,4H2,1-3H3. The van der Waals surface area contributed by atoms with E-state index in [1.165, 1.54) is 5.56 Å². The molecule has 156 valence electrons. The largest absolute Gasteiger partial charge is 0.316 e. The van der Waals surface area contributed by atoms with Crippen molar-refractivity contribution in [2.75, 3.05) is 0 Å². The van der Waals surface area contributed by atoms with Gasteiger partial charge in [0.1, 0.15) is 0 Å². The highest BCUT2D eigenvalue weighted by Gasteiger charge is 2.23. The lowest BCUT2D eigenvalue weighted by molar-refractivity contribution is -0.118. The number of carbonyl (C=O) groups is 1. The van der Waals surface area contributed by atoms with Crippen LogP contribution in [0.25, 0.3) is 11.3 Å². The number of rotatable bonds is 5. The van der Waals surface area contributed by atoms with Crippen LogP contribution in [0, 0.1) is 13.8 Å². The molecule has 0 aliphatic rings. The van der Waals surface area contributed by atoms with Crippen LogP contribution in [0.2, 0.25) is 0 Å². The molecule has 4 aromatic rings. The van der Waals surface area contributed by atoms with Gasteiger partial charge in [-0.15, -0.1) is 11.3 Å². The first-order valence-electron chi connectivity index (χ1n) is 10.5. The van der Waals surface area contributed by atoms with E-state index in [-0.39, 0.29) is 5.91 Å².